The summed E-state index contributed by atoms with van der Waals surface area (Å²) in [5.74, 6) is -2.27. The highest BCUT2D eigenvalue weighted by Gasteiger charge is 2.34. The van der Waals surface area contributed by atoms with Crippen LogP contribution in [0.2, 0.25) is 5.02 Å². The minimum absolute atomic E-state index is 0.0192. The molecule has 10 heteroatoms. The summed E-state index contributed by atoms with van der Waals surface area (Å²) in [4.78, 5) is 28.1. The van der Waals surface area contributed by atoms with E-state index in [-0.39, 0.29) is 28.9 Å². The van der Waals surface area contributed by atoms with Crippen LogP contribution in [0.1, 0.15) is 30.1 Å². The molecule has 0 aliphatic carbocycles. The molecule has 0 radical (unpaired) electrons. The maximum Gasteiger partial charge on any atom is 0.295 e. The monoisotopic (exact) mass is 497 g/mol. The summed E-state index contributed by atoms with van der Waals surface area (Å²) in [5, 5.41) is 3.74. The van der Waals surface area contributed by atoms with Crippen molar-refractivity contribution in [2.45, 2.75) is 25.8 Å². The Labute approximate surface area is 205 Å². The number of hydrogen-bond donors (Lipinski definition) is 1. The number of carbonyl (C=O) groups excluding carboxylic acids is 1. The van der Waals surface area contributed by atoms with Crippen molar-refractivity contribution in [3.8, 4) is 11.4 Å². The van der Waals surface area contributed by atoms with Gasteiger partial charge in [0.15, 0.2) is 23.0 Å². The van der Waals surface area contributed by atoms with Crippen LogP contribution in [0.5, 0.6) is 0 Å². The third kappa shape index (κ3) is 4.68. The molecule has 180 valence electrons. The van der Waals surface area contributed by atoms with E-state index in [0.717, 1.165) is 25.0 Å². The highest BCUT2D eigenvalue weighted by atomic mass is 35.5. The van der Waals surface area contributed by atoms with E-state index in [4.69, 9.17) is 16.0 Å². The number of rotatable bonds is 5. The number of amides is 1. The number of oxazole rings is 1. The van der Waals surface area contributed by atoms with E-state index in [2.05, 4.69) is 27.2 Å². The van der Waals surface area contributed by atoms with E-state index in [1.54, 1.807) is 29.2 Å². The molecule has 0 bridgehead atoms. The number of hydrogen-bond acceptors (Lipinski definition) is 6. The zero-order valence-corrected chi connectivity index (χ0v) is 19.6. The quantitative estimate of drug-likeness (QED) is 0.388. The molecule has 2 aromatic heterocycles. The van der Waals surface area contributed by atoms with Crippen LogP contribution in [0, 0.1) is 17.6 Å². The number of benzene rings is 2. The van der Waals surface area contributed by atoms with Crippen molar-refractivity contribution in [3.63, 3.8) is 0 Å². The molecule has 5 rings (SSSR count). The summed E-state index contributed by atoms with van der Waals surface area (Å²) in [6.45, 7) is 2.91. The SMILES string of the molecule is C[C@@H]1CCCN(C(=O)c2cc(F)c(F)cc2-c2ncccn2)[C@@H]1CNc1nc2cc(Cl)ccc2o1. The Morgan fingerprint density at radius 2 is 1.97 bits per heavy atom. The molecule has 1 N–H and O–H groups in total. The van der Waals surface area contributed by atoms with Crippen LogP contribution in [0.15, 0.2) is 53.2 Å². The van der Waals surface area contributed by atoms with Gasteiger partial charge in [-0.05, 0) is 55.2 Å². The van der Waals surface area contributed by atoms with Crippen LogP contribution in [-0.2, 0) is 0 Å². The van der Waals surface area contributed by atoms with Crippen molar-refractivity contribution >= 4 is 34.6 Å². The van der Waals surface area contributed by atoms with Crippen molar-refractivity contribution < 1.29 is 18.0 Å². The second-order valence-electron chi connectivity index (χ2n) is 8.58. The van der Waals surface area contributed by atoms with E-state index in [0.29, 0.717) is 35.2 Å². The third-order valence-electron chi connectivity index (χ3n) is 6.29. The Bertz CT molecular complexity index is 1380. The Morgan fingerprint density at radius 1 is 1.20 bits per heavy atom. The molecule has 0 unspecified atom stereocenters. The maximum atomic E-state index is 14.2. The molecule has 1 aliphatic heterocycles. The molecule has 35 heavy (non-hydrogen) atoms. The topological polar surface area (TPSA) is 84.2 Å². The van der Waals surface area contributed by atoms with Gasteiger partial charge < -0.3 is 14.6 Å². The molecule has 1 fully saturated rings. The summed E-state index contributed by atoms with van der Waals surface area (Å²) in [7, 11) is 0. The molecule has 4 aromatic rings. The minimum atomic E-state index is -1.10. The molecule has 0 saturated carbocycles. The normalized spacial score (nSPS) is 18.1. The third-order valence-corrected chi connectivity index (χ3v) is 6.52. The fraction of sp³-hybridized carbons (Fsp3) is 0.280. The molecule has 2 atom stereocenters. The van der Waals surface area contributed by atoms with Gasteiger partial charge in [0.05, 0.1) is 11.6 Å². The first-order valence-electron chi connectivity index (χ1n) is 11.3. The number of nitrogens with one attached hydrogen (secondary N) is 1. The zero-order valence-electron chi connectivity index (χ0n) is 18.8. The van der Waals surface area contributed by atoms with Gasteiger partial charge in [0, 0.05) is 36.1 Å². The van der Waals surface area contributed by atoms with Gasteiger partial charge in [-0.25, -0.2) is 18.7 Å². The van der Waals surface area contributed by atoms with Gasteiger partial charge in [-0.3, -0.25) is 4.79 Å². The van der Waals surface area contributed by atoms with Gasteiger partial charge >= 0.3 is 0 Å². The van der Waals surface area contributed by atoms with Crippen LogP contribution in [-0.4, -0.2) is 44.9 Å². The van der Waals surface area contributed by atoms with Gasteiger partial charge in [-0.15, -0.1) is 0 Å². The lowest BCUT2D eigenvalue weighted by molar-refractivity contribution is 0.0539. The summed E-state index contributed by atoms with van der Waals surface area (Å²) >= 11 is 6.03. The van der Waals surface area contributed by atoms with Gasteiger partial charge in [0.25, 0.3) is 11.9 Å². The van der Waals surface area contributed by atoms with Crippen molar-refractivity contribution in [1.82, 2.24) is 19.9 Å². The lowest BCUT2D eigenvalue weighted by atomic mass is 9.89. The number of halogens is 3. The minimum Gasteiger partial charge on any atom is -0.424 e. The first kappa shape index (κ1) is 23.2. The predicted molar refractivity (Wildman–Crippen MR) is 128 cm³/mol. The lowest BCUT2D eigenvalue weighted by Crippen LogP contribution is -2.51. The summed E-state index contributed by atoms with van der Waals surface area (Å²) in [5.41, 5.74) is 1.38. The standard InChI is InChI=1S/C25H22ClF2N5O2/c1-14-4-2-9-33(21(14)13-31-25-32-20-10-15(26)5-6-22(20)35-25)24(34)17-12-19(28)18(27)11-16(17)23-29-7-3-8-30-23/h3,5-8,10-12,14,21H,2,4,9,13H2,1H3,(H,31,32)/t14-,21-/m1/s1. The first-order chi connectivity index (χ1) is 16.9. The second-order valence-corrected chi connectivity index (χ2v) is 9.02. The fourth-order valence-corrected chi connectivity index (χ4v) is 4.65. The molecule has 1 aliphatic rings. The van der Waals surface area contributed by atoms with Crippen LogP contribution in [0.3, 0.4) is 0 Å². The van der Waals surface area contributed by atoms with Crippen LogP contribution < -0.4 is 5.32 Å². The number of likely N-dealkylation sites (tertiary alicyclic amines) is 1. The Kier molecular flexibility index (Phi) is 6.34. The first-order valence-corrected chi connectivity index (χ1v) is 11.7. The number of nitrogens with zero attached hydrogens (tertiary/aromatic N) is 4. The second kappa shape index (κ2) is 9.58. The van der Waals surface area contributed by atoms with Crippen molar-refractivity contribution in [1.29, 1.82) is 0 Å². The lowest BCUT2D eigenvalue weighted by Gasteiger charge is -2.40. The van der Waals surface area contributed by atoms with E-state index in [1.165, 1.54) is 12.4 Å². The van der Waals surface area contributed by atoms with Gasteiger partial charge in [0.1, 0.15) is 5.52 Å². The summed E-state index contributed by atoms with van der Waals surface area (Å²) in [6.07, 6.45) is 4.69. The Balaban J connectivity index is 1.43. The van der Waals surface area contributed by atoms with Gasteiger partial charge in [-0.2, -0.15) is 4.98 Å². The fourth-order valence-electron chi connectivity index (χ4n) is 4.48. The average Bonchev–Trinajstić information content (AvgIpc) is 3.26. The van der Waals surface area contributed by atoms with Crippen molar-refractivity contribution in [3.05, 3.63) is 71.0 Å². The maximum absolute atomic E-state index is 14.2. The number of fused-ring (bicyclic) bond motifs is 1. The number of carbonyl (C=O) groups is 1. The van der Waals surface area contributed by atoms with E-state index in [1.807, 2.05) is 0 Å². The average molecular weight is 498 g/mol. The predicted octanol–water partition coefficient (Wildman–Crippen LogP) is 5.57. The van der Waals surface area contributed by atoms with E-state index >= 15 is 0 Å². The molecular formula is C25H22ClF2N5O2. The van der Waals surface area contributed by atoms with Crippen LogP contribution in [0.25, 0.3) is 22.5 Å². The molecular weight excluding hydrogens is 476 g/mol. The smallest absolute Gasteiger partial charge is 0.295 e. The van der Waals surface area contributed by atoms with Crippen molar-refractivity contribution in [2.24, 2.45) is 5.92 Å². The van der Waals surface area contributed by atoms with Gasteiger partial charge in [-0.1, -0.05) is 18.5 Å². The summed E-state index contributed by atoms with van der Waals surface area (Å²) in [6, 6.07) is 8.77. The molecule has 2 aromatic carbocycles. The number of anilines is 1. The number of piperidine rings is 1. The molecule has 0 spiro atoms. The molecule has 1 amide bonds. The molecule has 1 saturated heterocycles. The molecule has 3 heterocycles. The van der Waals surface area contributed by atoms with Crippen LogP contribution in [0.4, 0.5) is 14.8 Å². The Morgan fingerprint density at radius 3 is 2.77 bits per heavy atom. The zero-order chi connectivity index (χ0) is 24.5. The van der Waals surface area contributed by atoms with E-state index in [9.17, 15) is 13.6 Å². The van der Waals surface area contributed by atoms with Gasteiger partial charge in [0.2, 0.25) is 0 Å². The summed E-state index contributed by atoms with van der Waals surface area (Å²) < 4.78 is 34.1. The van der Waals surface area contributed by atoms with Crippen molar-refractivity contribution in [2.75, 3.05) is 18.4 Å². The molecule has 7 nitrogen and oxygen atoms in total. The highest BCUT2D eigenvalue weighted by molar-refractivity contribution is 6.31. The van der Waals surface area contributed by atoms with Crippen LogP contribution >= 0.6 is 11.6 Å². The highest BCUT2D eigenvalue weighted by Crippen LogP contribution is 2.30. The Hall–Kier alpha value is -3.59. The number of aromatic nitrogens is 3. The van der Waals surface area contributed by atoms with E-state index < -0.39 is 17.5 Å². The largest absolute Gasteiger partial charge is 0.424 e.